The second-order valence-electron chi connectivity index (χ2n) is 5.07. The number of unbranched alkanes of at least 4 members (excludes halogenated alkanes) is 1. The lowest BCUT2D eigenvalue weighted by molar-refractivity contribution is -0.164. The van der Waals surface area contributed by atoms with Gasteiger partial charge in [-0.15, -0.1) is 0 Å². The minimum Gasteiger partial charge on any atom is -0.459 e. The Morgan fingerprint density at radius 2 is 1.81 bits per heavy atom. The molecular formula is C14H26O2. The van der Waals surface area contributed by atoms with E-state index in [-0.39, 0.29) is 11.6 Å². The van der Waals surface area contributed by atoms with Gasteiger partial charge in [0, 0.05) is 6.42 Å². The van der Waals surface area contributed by atoms with Crippen LogP contribution in [-0.2, 0) is 9.53 Å². The maximum absolute atomic E-state index is 11.7. The zero-order chi connectivity index (χ0) is 11.9. The summed E-state index contributed by atoms with van der Waals surface area (Å²) in [5.74, 6) is 0.0144. The van der Waals surface area contributed by atoms with E-state index < -0.39 is 0 Å². The van der Waals surface area contributed by atoms with Crippen LogP contribution < -0.4 is 0 Å². The van der Waals surface area contributed by atoms with E-state index >= 15 is 0 Å². The van der Waals surface area contributed by atoms with Crippen molar-refractivity contribution in [1.29, 1.82) is 0 Å². The van der Waals surface area contributed by atoms with Gasteiger partial charge in [0.1, 0.15) is 5.60 Å². The van der Waals surface area contributed by atoms with Gasteiger partial charge in [0.05, 0.1) is 0 Å². The number of esters is 1. The molecular weight excluding hydrogens is 200 g/mol. The molecule has 0 N–H and O–H groups in total. The average molecular weight is 226 g/mol. The molecule has 0 unspecified atom stereocenters. The molecule has 0 spiro atoms. The molecule has 0 radical (unpaired) electrons. The van der Waals surface area contributed by atoms with Gasteiger partial charge in [-0.1, -0.05) is 26.7 Å². The summed E-state index contributed by atoms with van der Waals surface area (Å²) in [5, 5.41) is 0. The highest BCUT2D eigenvalue weighted by atomic mass is 16.6. The molecule has 0 saturated heterocycles. The first-order valence-electron chi connectivity index (χ1n) is 6.94. The van der Waals surface area contributed by atoms with Gasteiger partial charge in [-0.2, -0.15) is 0 Å². The molecule has 0 heterocycles. The summed E-state index contributed by atoms with van der Waals surface area (Å²) in [6.07, 6.45) is 10.8. The summed E-state index contributed by atoms with van der Waals surface area (Å²) < 4.78 is 5.78. The van der Waals surface area contributed by atoms with Crippen molar-refractivity contribution in [2.75, 3.05) is 0 Å². The zero-order valence-electron chi connectivity index (χ0n) is 10.9. The first-order valence-corrected chi connectivity index (χ1v) is 6.94. The van der Waals surface area contributed by atoms with Crippen molar-refractivity contribution in [2.24, 2.45) is 0 Å². The first-order chi connectivity index (χ1) is 7.72. The minimum atomic E-state index is -0.0967. The highest BCUT2D eigenvalue weighted by molar-refractivity contribution is 5.69. The lowest BCUT2D eigenvalue weighted by Gasteiger charge is -2.37. The Hall–Kier alpha value is -0.530. The molecule has 94 valence electrons. The quantitative estimate of drug-likeness (QED) is 0.634. The predicted octanol–water partition coefficient (Wildman–Crippen LogP) is 4.22. The third-order valence-electron chi connectivity index (χ3n) is 3.54. The van der Waals surface area contributed by atoms with E-state index in [1.807, 2.05) is 6.92 Å². The van der Waals surface area contributed by atoms with Crippen LogP contribution in [0.25, 0.3) is 0 Å². The molecule has 2 nitrogen and oxygen atoms in total. The summed E-state index contributed by atoms with van der Waals surface area (Å²) in [7, 11) is 0. The van der Waals surface area contributed by atoms with Gasteiger partial charge in [-0.25, -0.2) is 0 Å². The molecule has 0 aromatic heterocycles. The molecule has 1 saturated carbocycles. The largest absolute Gasteiger partial charge is 0.459 e. The molecule has 0 aromatic rings. The molecule has 1 aliphatic rings. The van der Waals surface area contributed by atoms with Crippen LogP contribution in [0.1, 0.15) is 78.1 Å². The summed E-state index contributed by atoms with van der Waals surface area (Å²) in [6.45, 7) is 4.23. The van der Waals surface area contributed by atoms with Crippen molar-refractivity contribution in [3.63, 3.8) is 0 Å². The standard InChI is InChI=1S/C14H26O2/c1-3-5-10-14(11-7-6-8-12-14)16-13(15)9-4-2/h3-12H2,1-2H3. The molecule has 0 atom stereocenters. The number of hydrogen-bond acceptors (Lipinski definition) is 2. The number of carbonyl (C=O) groups excluding carboxylic acids is 1. The summed E-state index contributed by atoms with van der Waals surface area (Å²) in [6, 6.07) is 0. The van der Waals surface area contributed by atoms with E-state index in [4.69, 9.17) is 4.74 Å². The maximum atomic E-state index is 11.7. The Bertz CT molecular complexity index is 205. The summed E-state index contributed by atoms with van der Waals surface area (Å²) in [4.78, 5) is 11.7. The molecule has 1 aliphatic carbocycles. The normalized spacial score (nSPS) is 19.4. The smallest absolute Gasteiger partial charge is 0.306 e. The second-order valence-corrected chi connectivity index (χ2v) is 5.07. The van der Waals surface area contributed by atoms with Gasteiger partial charge in [-0.05, 0) is 44.9 Å². The lowest BCUT2D eigenvalue weighted by atomic mass is 9.81. The third-order valence-corrected chi connectivity index (χ3v) is 3.54. The fourth-order valence-corrected chi connectivity index (χ4v) is 2.59. The number of hydrogen-bond donors (Lipinski definition) is 0. The Kier molecular flexibility index (Phi) is 5.86. The summed E-state index contributed by atoms with van der Waals surface area (Å²) >= 11 is 0. The SMILES string of the molecule is CCCCC1(OC(=O)CCC)CCCCC1. The van der Waals surface area contributed by atoms with E-state index in [0.29, 0.717) is 6.42 Å². The van der Waals surface area contributed by atoms with Crippen LogP contribution in [0.15, 0.2) is 0 Å². The molecule has 1 fully saturated rings. The monoisotopic (exact) mass is 226 g/mol. The highest BCUT2D eigenvalue weighted by Gasteiger charge is 2.34. The van der Waals surface area contributed by atoms with Gasteiger partial charge in [0.15, 0.2) is 0 Å². The van der Waals surface area contributed by atoms with Crippen LogP contribution in [0.3, 0.4) is 0 Å². The molecule has 0 amide bonds. The van der Waals surface area contributed by atoms with Crippen LogP contribution in [0.4, 0.5) is 0 Å². The first kappa shape index (κ1) is 13.5. The zero-order valence-corrected chi connectivity index (χ0v) is 10.9. The lowest BCUT2D eigenvalue weighted by Crippen LogP contribution is -2.37. The fourth-order valence-electron chi connectivity index (χ4n) is 2.59. The van der Waals surface area contributed by atoms with Crippen molar-refractivity contribution in [3.8, 4) is 0 Å². The van der Waals surface area contributed by atoms with Crippen LogP contribution in [0, 0.1) is 0 Å². The summed E-state index contributed by atoms with van der Waals surface area (Å²) in [5.41, 5.74) is -0.0967. The molecule has 0 bridgehead atoms. The fraction of sp³-hybridized carbons (Fsp3) is 0.929. The Balaban J connectivity index is 2.51. The van der Waals surface area contributed by atoms with Gasteiger partial charge in [0.2, 0.25) is 0 Å². The number of ether oxygens (including phenoxy) is 1. The van der Waals surface area contributed by atoms with Crippen LogP contribution >= 0.6 is 0 Å². The maximum Gasteiger partial charge on any atom is 0.306 e. The van der Waals surface area contributed by atoms with Gasteiger partial charge in [0.25, 0.3) is 0 Å². The van der Waals surface area contributed by atoms with Crippen molar-refractivity contribution < 1.29 is 9.53 Å². The van der Waals surface area contributed by atoms with Gasteiger partial charge in [-0.3, -0.25) is 4.79 Å². The van der Waals surface area contributed by atoms with E-state index in [1.165, 1.54) is 32.1 Å². The van der Waals surface area contributed by atoms with Crippen LogP contribution in [-0.4, -0.2) is 11.6 Å². The molecule has 1 rings (SSSR count). The Morgan fingerprint density at radius 3 is 2.38 bits per heavy atom. The van der Waals surface area contributed by atoms with E-state index in [9.17, 15) is 4.79 Å². The van der Waals surface area contributed by atoms with Crippen molar-refractivity contribution in [2.45, 2.75) is 83.7 Å². The third kappa shape index (κ3) is 4.15. The van der Waals surface area contributed by atoms with E-state index in [2.05, 4.69) is 6.92 Å². The Labute approximate surface area is 99.8 Å². The van der Waals surface area contributed by atoms with E-state index in [0.717, 1.165) is 25.7 Å². The van der Waals surface area contributed by atoms with Crippen molar-refractivity contribution in [3.05, 3.63) is 0 Å². The van der Waals surface area contributed by atoms with Crippen molar-refractivity contribution in [1.82, 2.24) is 0 Å². The second kappa shape index (κ2) is 6.93. The van der Waals surface area contributed by atoms with Gasteiger partial charge >= 0.3 is 5.97 Å². The molecule has 0 aromatic carbocycles. The van der Waals surface area contributed by atoms with E-state index in [1.54, 1.807) is 0 Å². The van der Waals surface area contributed by atoms with Crippen molar-refractivity contribution >= 4 is 5.97 Å². The minimum absolute atomic E-state index is 0.0144. The number of rotatable bonds is 6. The average Bonchev–Trinajstić information content (AvgIpc) is 2.28. The molecule has 0 aliphatic heterocycles. The van der Waals surface area contributed by atoms with Crippen LogP contribution in [0.2, 0.25) is 0 Å². The highest BCUT2D eigenvalue weighted by Crippen LogP contribution is 2.36. The molecule has 16 heavy (non-hydrogen) atoms. The number of carbonyl (C=O) groups is 1. The molecule has 2 heteroatoms. The predicted molar refractivity (Wildman–Crippen MR) is 66.3 cm³/mol. The van der Waals surface area contributed by atoms with Gasteiger partial charge < -0.3 is 4.74 Å². The van der Waals surface area contributed by atoms with Crippen LogP contribution in [0.5, 0.6) is 0 Å². The Morgan fingerprint density at radius 1 is 1.12 bits per heavy atom. The topological polar surface area (TPSA) is 26.3 Å².